The van der Waals surface area contributed by atoms with Gasteiger partial charge in [0.05, 0.1) is 11.4 Å². The van der Waals surface area contributed by atoms with E-state index in [0.717, 1.165) is 11.6 Å². The summed E-state index contributed by atoms with van der Waals surface area (Å²) < 4.78 is 24.8. The summed E-state index contributed by atoms with van der Waals surface area (Å²) in [5, 5.41) is 8.50. The molecule has 1 saturated heterocycles. The minimum absolute atomic E-state index is 0.188. The van der Waals surface area contributed by atoms with Crippen LogP contribution >= 0.6 is 0 Å². The first-order chi connectivity index (χ1) is 8.49. The molecule has 0 aliphatic carbocycles. The highest BCUT2D eigenvalue weighted by molar-refractivity contribution is 7.93. The van der Waals surface area contributed by atoms with Gasteiger partial charge < -0.3 is 5.11 Å². The molecule has 0 saturated carbocycles. The lowest BCUT2D eigenvalue weighted by Gasteiger charge is -2.16. The van der Waals surface area contributed by atoms with Crippen LogP contribution in [0.5, 0.6) is 0 Å². The lowest BCUT2D eigenvalue weighted by Crippen LogP contribution is -2.24. The van der Waals surface area contributed by atoms with E-state index in [2.05, 4.69) is 0 Å². The summed E-state index contributed by atoms with van der Waals surface area (Å²) in [6, 6.07) is 6.76. The molecule has 1 aromatic carbocycles. The number of anilines is 1. The summed E-state index contributed by atoms with van der Waals surface area (Å²) in [6.07, 6.45) is 3.15. The van der Waals surface area contributed by atoms with Crippen LogP contribution < -0.4 is 4.31 Å². The predicted octanol–water partition coefficient (Wildman–Crippen LogP) is 1.32. The van der Waals surface area contributed by atoms with Crippen molar-refractivity contribution in [3.8, 4) is 0 Å². The van der Waals surface area contributed by atoms with Crippen molar-refractivity contribution in [2.45, 2.75) is 6.42 Å². The van der Waals surface area contributed by atoms with Crippen LogP contribution in [-0.2, 0) is 14.8 Å². The monoisotopic (exact) mass is 267 g/mol. The molecule has 0 atom stereocenters. The number of carboxylic acids is 1. The molecule has 1 aliphatic rings. The van der Waals surface area contributed by atoms with Gasteiger partial charge in [-0.15, -0.1) is 0 Å². The van der Waals surface area contributed by atoms with E-state index in [1.54, 1.807) is 24.3 Å². The third kappa shape index (κ3) is 2.70. The van der Waals surface area contributed by atoms with Gasteiger partial charge in [0.15, 0.2) is 0 Å². The summed E-state index contributed by atoms with van der Waals surface area (Å²) >= 11 is 0. The number of carboxylic acid groups (broad SMARTS) is 1. The molecule has 0 spiro atoms. The van der Waals surface area contributed by atoms with Crippen molar-refractivity contribution in [1.82, 2.24) is 0 Å². The SMILES string of the molecule is O=C(O)/C=C\c1ccc(N2CCCS2(=O)=O)cc1. The molecule has 5 nitrogen and oxygen atoms in total. The van der Waals surface area contributed by atoms with Gasteiger partial charge >= 0.3 is 5.97 Å². The van der Waals surface area contributed by atoms with Crippen LogP contribution in [0.25, 0.3) is 6.08 Å². The molecule has 0 unspecified atom stereocenters. The van der Waals surface area contributed by atoms with Gasteiger partial charge in [0.25, 0.3) is 0 Å². The maximum Gasteiger partial charge on any atom is 0.328 e. The van der Waals surface area contributed by atoms with Crippen molar-refractivity contribution in [3.63, 3.8) is 0 Å². The third-order valence-corrected chi connectivity index (χ3v) is 4.57. The van der Waals surface area contributed by atoms with Crippen molar-refractivity contribution in [2.24, 2.45) is 0 Å². The van der Waals surface area contributed by atoms with E-state index in [0.29, 0.717) is 18.7 Å². The molecule has 1 fully saturated rings. The van der Waals surface area contributed by atoms with Crippen LogP contribution in [0.3, 0.4) is 0 Å². The molecule has 96 valence electrons. The molecule has 0 radical (unpaired) electrons. The van der Waals surface area contributed by atoms with Crippen LogP contribution in [0.1, 0.15) is 12.0 Å². The predicted molar refractivity (Wildman–Crippen MR) is 68.9 cm³/mol. The zero-order valence-corrected chi connectivity index (χ0v) is 10.4. The van der Waals surface area contributed by atoms with Crippen LogP contribution in [0.2, 0.25) is 0 Å². The molecule has 1 aromatic rings. The van der Waals surface area contributed by atoms with Gasteiger partial charge in [-0.05, 0) is 30.2 Å². The normalized spacial score (nSPS) is 18.3. The van der Waals surface area contributed by atoms with Gasteiger partial charge in [0.2, 0.25) is 10.0 Å². The van der Waals surface area contributed by atoms with Crippen molar-refractivity contribution in [2.75, 3.05) is 16.6 Å². The van der Waals surface area contributed by atoms with E-state index < -0.39 is 16.0 Å². The lowest BCUT2D eigenvalue weighted by molar-refractivity contribution is -0.131. The van der Waals surface area contributed by atoms with Crippen LogP contribution in [-0.4, -0.2) is 31.8 Å². The molecule has 6 heteroatoms. The first kappa shape index (κ1) is 12.6. The maximum absolute atomic E-state index is 11.7. The Balaban J connectivity index is 2.20. The van der Waals surface area contributed by atoms with Crippen molar-refractivity contribution in [3.05, 3.63) is 35.9 Å². The summed E-state index contributed by atoms with van der Waals surface area (Å²) in [5.74, 6) is -0.825. The average Bonchev–Trinajstić information content (AvgIpc) is 2.67. The van der Waals surface area contributed by atoms with Crippen molar-refractivity contribution < 1.29 is 18.3 Å². The highest BCUT2D eigenvalue weighted by Crippen LogP contribution is 2.24. The summed E-state index contributed by atoms with van der Waals surface area (Å²) in [6.45, 7) is 0.507. The molecular weight excluding hydrogens is 254 g/mol. The first-order valence-corrected chi connectivity index (χ1v) is 7.11. The molecule has 1 aliphatic heterocycles. The quantitative estimate of drug-likeness (QED) is 0.838. The van der Waals surface area contributed by atoms with Crippen molar-refractivity contribution in [1.29, 1.82) is 0 Å². The molecule has 1 N–H and O–H groups in total. The second-order valence-corrected chi connectivity index (χ2v) is 6.02. The summed E-state index contributed by atoms with van der Waals surface area (Å²) in [7, 11) is -3.16. The Morgan fingerprint density at radius 2 is 1.94 bits per heavy atom. The fourth-order valence-corrected chi connectivity index (χ4v) is 3.41. The Labute approximate surface area is 105 Å². The molecule has 0 amide bonds. The molecule has 0 bridgehead atoms. The molecule has 2 rings (SSSR count). The summed E-state index contributed by atoms with van der Waals surface area (Å²) in [5.41, 5.74) is 1.35. The van der Waals surface area contributed by atoms with Gasteiger partial charge in [-0.1, -0.05) is 12.1 Å². The minimum Gasteiger partial charge on any atom is -0.478 e. The Morgan fingerprint density at radius 1 is 1.28 bits per heavy atom. The topological polar surface area (TPSA) is 74.7 Å². The molecule has 1 heterocycles. The van der Waals surface area contributed by atoms with Gasteiger partial charge in [0.1, 0.15) is 0 Å². The Hall–Kier alpha value is -1.82. The van der Waals surface area contributed by atoms with Gasteiger partial charge in [-0.25, -0.2) is 13.2 Å². The van der Waals surface area contributed by atoms with Crippen molar-refractivity contribution >= 4 is 27.8 Å². The first-order valence-electron chi connectivity index (χ1n) is 5.50. The molecule has 18 heavy (non-hydrogen) atoms. The number of hydrogen-bond donors (Lipinski definition) is 1. The van der Waals surface area contributed by atoms with Crippen LogP contribution in [0.4, 0.5) is 5.69 Å². The Morgan fingerprint density at radius 3 is 2.44 bits per heavy atom. The number of rotatable bonds is 3. The minimum atomic E-state index is -3.16. The Bertz CT molecular complexity index is 575. The van der Waals surface area contributed by atoms with Gasteiger partial charge in [-0.3, -0.25) is 4.31 Å². The number of sulfonamides is 1. The number of carbonyl (C=O) groups is 1. The van der Waals surface area contributed by atoms with E-state index in [-0.39, 0.29) is 5.75 Å². The maximum atomic E-state index is 11.7. The zero-order chi connectivity index (χ0) is 13.2. The van der Waals surface area contributed by atoms with Gasteiger partial charge in [0, 0.05) is 12.6 Å². The average molecular weight is 267 g/mol. The highest BCUT2D eigenvalue weighted by Gasteiger charge is 2.28. The third-order valence-electron chi connectivity index (χ3n) is 2.70. The number of nitrogens with zero attached hydrogens (tertiary/aromatic N) is 1. The van der Waals surface area contributed by atoms with Crippen LogP contribution in [0, 0.1) is 0 Å². The van der Waals surface area contributed by atoms with E-state index >= 15 is 0 Å². The highest BCUT2D eigenvalue weighted by atomic mass is 32.2. The van der Waals surface area contributed by atoms with E-state index in [4.69, 9.17) is 5.11 Å². The van der Waals surface area contributed by atoms with Crippen LogP contribution in [0.15, 0.2) is 30.3 Å². The van der Waals surface area contributed by atoms with E-state index in [1.165, 1.54) is 10.4 Å². The van der Waals surface area contributed by atoms with E-state index in [1.807, 2.05) is 0 Å². The van der Waals surface area contributed by atoms with E-state index in [9.17, 15) is 13.2 Å². The standard InChI is InChI=1S/C12H13NO4S/c14-12(15)7-4-10-2-5-11(6-3-10)13-8-1-9-18(13,16)17/h2-7H,1,8-9H2,(H,14,15)/b7-4-. The largest absolute Gasteiger partial charge is 0.478 e. The number of hydrogen-bond acceptors (Lipinski definition) is 3. The number of benzene rings is 1. The summed E-state index contributed by atoms with van der Waals surface area (Å²) in [4.78, 5) is 10.4. The zero-order valence-electron chi connectivity index (χ0n) is 9.61. The molecular formula is C12H13NO4S. The smallest absolute Gasteiger partial charge is 0.328 e. The molecule has 0 aromatic heterocycles. The lowest BCUT2D eigenvalue weighted by atomic mass is 10.2. The fourth-order valence-electron chi connectivity index (χ4n) is 1.85. The fraction of sp³-hybridized carbons (Fsp3) is 0.250. The second-order valence-electron chi connectivity index (χ2n) is 4.00. The second kappa shape index (κ2) is 4.81. The Kier molecular flexibility index (Phi) is 3.38. The van der Waals surface area contributed by atoms with Gasteiger partial charge in [-0.2, -0.15) is 0 Å². The number of aliphatic carboxylic acids is 1.